The van der Waals surface area contributed by atoms with E-state index in [-0.39, 0.29) is 5.69 Å². The van der Waals surface area contributed by atoms with E-state index in [9.17, 15) is 9.18 Å². The van der Waals surface area contributed by atoms with E-state index >= 15 is 0 Å². The van der Waals surface area contributed by atoms with E-state index in [0.29, 0.717) is 17.1 Å². The Morgan fingerprint density at radius 3 is 2.68 bits per heavy atom. The van der Waals surface area contributed by atoms with Crippen molar-refractivity contribution in [1.82, 2.24) is 14.8 Å². The van der Waals surface area contributed by atoms with Gasteiger partial charge in [-0.3, -0.25) is 4.79 Å². The quantitative estimate of drug-likeness (QED) is 0.808. The van der Waals surface area contributed by atoms with Gasteiger partial charge in [0, 0.05) is 6.20 Å². The monoisotopic (exact) mass is 296 g/mol. The Kier molecular flexibility index (Phi) is 3.65. The van der Waals surface area contributed by atoms with Gasteiger partial charge < -0.3 is 5.32 Å². The molecule has 22 heavy (non-hydrogen) atoms. The molecular weight excluding hydrogens is 283 g/mol. The molecule has 0 aliphatic heterocycles. The van der Waals surface area contributed by atoms with Crippen LogP contribution in [0, 0.1) is 12.7 Å². The van der Waals surface area contributed by atoms with E-state index in [1.54, 1.807) is 42.1 Å². The van der Waals surface area contributed by atoms with Crippen LogP contribution in [0.1, 0.15) is 16.1 Å². The zero-order chi connectivity index (χ0) is 15.5. The minimum absolute atomic E-state index is 0.137. The minimum Gasteiger partial charge on any atom is -0.319 e. The van der Waals surface area contributed by atoms with E-state index in [2.05, 4.69) is 15.4 Å². The summed E-state index contributed by atoms with van der Waals surface area (Å²) in [4.78, 5) is 16.5. The molecule has 0 aliphatic carbocycles. The van der Waals surface area contributed by atoms with Crippen LogP contribution in [0.3, 0.4) is 0 Å². The summed E-state index contributed by atoms with van der Waals surface area (Å²) in [5.74, 6) is -0.277. The van der Waals surface area contributed by atoms with Crippen molar-refractivity contribution >= 4 is 11.6 Å². The number of carbonyl (C=O) groups is 1. The molecule has 1 aromatic carbocycles. The molecule has 0 atom stereocenters. The third-order valence-corrected chi connectivity index (χ3v) is 3.24. The largest absolute Gasteiger partial charge is 0.319 e. The fraction of sp³-hybridized carbons (Fsp3) is 0.0625. The second-order valence-electron chi connectivity index (χ2n) is 4.68. The summed E-state index contributed by atoms with van der Waals surface area (Å²) in [6.07, 6.45) is 3.09. The van der Waals surface area contributed by atoms with Crippen LogP contribution in [0.15, 0.2) is 54.9 Å². The third-order valence-electron chi connectivity index (χ3n) is 3.24. The summed E-state index contributed by atoms with van der Waals surface area (Å²) < 4.78 is 15.2. The molecule has 0 unspecified atom stereocenters. The number of rotatable bonds is 3. The van der Waals surface area contributed by atoms with Crippen LogP contribution >= 0.6 is 0 Å². The number of para-hydroxylation sites is 1. The van der Waals surface area contributed by atoms with Gasteiger partial charge in [-0.05, 0) is 31.2 Å². The van der Waals surface area contributed by atoms with Gasteiger partial charge in [-0.25, -0.2) is 14.1 Å². The lowest BCUT2D eigenvalue weighted by molar-refractivity contribution is 0.102. The molecule has 1 N–H and O–H groups in total. The number of benzene rings is 1. The van der Waals surface area contributed by atoms with Crippen molar-refractivity contribution in [1.29, 1.82) is 0 Å². The highest BCUT2D eigenvalue weighted by atomic mass is 19.1. The van der Waals surface area contributed by atoms with Crippen molar-refractivity contribution in [2.45, 2.75) is 6.92 Å². The Morgan fingerprint density at radius 2 is 1.95 bits per heavy atom. The van der Waals surface area contributed by atoms with Gasteiger partial charge in [0.05, 0.1) is 23.1 Å². The van der Waals surface area contributed by atoms with Crippen LogP contribution in [0.2, 0.25) is 0 Å². The van der Waals surface area contributed by atoms with Crippen molar-refractivity contribution in [3.63, 3.8) is 0 Å². The SMILES string of the molecule is Cc1c(C(=O)Nc2ccccc2F)cnn1-c1ccccn1. The Balaban J connectivity index is 1.89. The molecule has 0 spiro atoms. The highest BCUT2D eigenvalue weighted by Gasteiger charge is 2.16. The molecule has 3 aromatic rings. The zero-order valence-electron chi connectivity index (χ0n) is 11.8. The molecular formula is C16H13FN4O. The zero-order valence-corrected chi connectivity index (χ0v) is 11.8. The van der Waals surface area contributed by atoms with Gasteiger partial charge in [0.1, 0.15) is 5.82 Å². The van der Waals surface area contributed by atoms with E-state index < -0.39 is 11.7 Å². The number of halogens is 1. The van der Waals surface area contributed by atoms with E-state index in [1.165, 1.54) is 18.3 Å². The average Bonchev–Trinajstić information content (AvgIpc) is 2.92. The van der Waals surface area contributed by atoms with Crippen molar-refractivity contribution in [3.05, 3.63) is 71.9 Å². The normalized spacial score (nSPS) is 10.5. The van der Waals surface area contributed by atoms with Crippen LogP contribution in [-0.2, 0) is 0 Å². The molecule has 6 heteroatoms. The lowest BCUT2D eigenvalue weighted by atomic mass is 10.2. The number of amides is 1. The summed E-state index contributed by atoms with van der Waals surface area (Å²) >= 11 is 0. The van der Waals surface area contributed by atoms with E-state index in [4.69, 9.17) is 0 Å². The molecule has 0 saturated heterocycles. The van der Waals surface area contributed by atoms with Crippen molar-refractivity contribution in [2.24, 2.45) is 0 Å². The smallest absolute Gasteiger partial charge is 0.259 e. The summed E-state index contributed by atoms with van der Waals surface area (Å²) in [6, 6.07) is 11.4. The Hall–Kier alpha value is -3.02. The highest BCUT2D eigenvalue weighted by Crippen LogP contribution is 2.17. The fourth-order valence-electron chi connectivity index (χ4n) is 2.09. The molecule has 2 heterocycles. The third kappa shape index (κ3) is 2.58. The molecule has 0 aliphatic rings. The van der Waals surface area contributed by atoms with E-state index in [1.807, 2.05) is 6.07 Å². The molecule has 3 rings (SSSR count). The number of aromatic nitrogens is 3. The summed E-state index contributed by atoms with van der Waals surface area (Å²) in [6.45, 7) is 1.76. The number of hydrogen-bond acceptors (Lipinski definition) is 3. The predicted molar refractivity (Wildman–Crippen MR) is 80.4 cm³/mol. The maximum absolute atomic E-state index is 13.6. The molecule has 0 radical (unpaired) electrons. The first-order valence-corrected chi connectivity index (χ1v) is 6.69. The molecule has 0 bridgehead atoms. The summed E-state index contributed by atoms with van der Waals surface area (Å²) in [5, 5.41) is 6.72. The van der Waals surface area contributed by atoms with Crippen LogP contribution in [-0.4, -0.2) is 20.7 Å². The summed E-state index contributed by atoms with van der Waals surface area (Å²) in [7, 11) is 0. The van der Waals surface area contributed by atoms with Crippen molar-refractivity contribution < 1.29 is 9.18 Å². The molecule has 110 valence electrons. The number of nitrogens with zero attached hydrogens (tertiary/aromatic N) is 3. The van der Waals surface area contributed by atoms with Gasteiger partial charge in [0.2, 0.25) is 0 Å². The first-order chi connectivity index (χ1) is 10.7. The lowest BCUT2D eigenvalue weighted by Crippen LogP contribution is -2.14. The summed E-state index contributed by atoms with van der Waals surface area (Å²) in [5.41, 5.74) is 1.14. The second kappa shape index (κ2) is 5.77. The number of carbonyl (C=O) groups excluding carboxylic acids is 1. The van der Waals surface area contributed by atoms with Gasteiger partial charge in [-0.15, -0.1) is 0 Å². The lowest BCUT2D eigenvalue weighted by Gasteiger charge is -2.06. The van der Waals surface area contributed by atoms with Crippen LogP contribution in [0.5, 0.6) is 0 Å². The van der Waals surface area contributed by atoms with Crippen LogP contribution < -0.4 is 5.32 Å². The van der Waals surface area contributed by atoms with Gasteiger partial charge >= 0.3 is 0 Å². The fourth-order valence-corrected chi connectivity index (χ4v) is 2.09. The van der Waals surface area contributed by atoms with Gasteiger partial charge in [-0.1, -0.05) is 18.2 Å². The predicted octanol–water partition coefficient (Wildman–Crippen LogP) is 2.97. The average molecular weight is 296 g/mol. The van der Waals surface area contributed by atoms with E-state index in [0.717, 1.165) is 0 Å². The number of anilines is 1. The van der Waals surface area contributed by atoms with Gasteiger partial charge in [-0.2, -0.15) is 5.10 Å². The maximum atomic E-state index is 13.6. The highest BCUT2D eigenvalue weighted by molar-refractivity contribution is 6.05. The first kappa shape index (κ1) is 13.9. The van der Waals surface area contributed by atoms with Crippen LogP contribution in [0.4, 0.5) is 10.1 Å². The Bertz CT molecular complexity index is 814. The molecule has 0 fully saturated rings. The molecule has 1 amide bonds. The number of nitrogens with one attached hydrogen (secondary N) is 1. The number of hydrogen-bond donors (Lipinski definition) is 1. The standard InChI is InChI=1S/C16H13FN4O/c1-11-12(10-19-21(11)15-8-4-5-9-18-15)16(22)20-14-7-3-2-6-13(14)17/h2-10H,1H3,(H,20,22). The van der Waals surface area contributed by atoms with Crippen molar-refractivity contribution in [3.8, 4) is 5.82 Å². The minimum atomic E-state index is -0.481. The van der Waals surface area contributed by atoms with Gasteiger partial charge in [0.15, 0.2) is 5.82 Å². The Labute approximate surface area is 126 Å². The molecule has 0 saturated carbocycles. The Morgan fingerprint density at radius 1 is 1.18 bits per heavy atom. The maximum Gasteiger partial charge on any atom is 0.259 e. The first-order valence-electron chi connectivity index (χ1n) is 6.69. The number of pyridine rings is 1. The topological polar surface area (TPSA) is 59.8 Å². The molecule has 5 nitrogen and oxygen atoms in total. The van der Waals surface area contributed by atoms with Gasteiger partial charge in [0.25, 0.3) is 5.91 Å². The molecule has 2 aromatic heterocycles. The van der Waals surface area contributed by atoms with Crippen molar-refractivity contribution in [2.75, 3.05) is 5.32 Å². The van der Waals surface area contributed by atoms with Crippen LogP contribution in [0.25, 0.3) is 5.82 Å². The second-order valence-corrected chi connectivity index (χ2v) is 4.68.